The minimum absolute atomic E-state index is 1.22. The molecule has 0 bridgehead atoms. The number of thiophene rings is 2. The van der Waals surface area contributed by atoms with Gasteiger partial charge in [0.2, 0.25) is 0 Å². The molecule has 0 fully saturated rings. The molecule has 2 aromatic heterocycles. The highest BCUT2D eigenvalue weighted by molar-refractivity contribution is 7.26. The largest absolute Gasteiger partial charge is 0.135 e. The van der Waals surface area contributed by atoms with Crippen LogP contribution in [0.15, 0.2) is 206 Å². The van der Waals surface area contributed by atoms with Gasteiger partial charge in [0.15, 0.2) is 0 Å². The van der Waals surface area contributed by atoms with Crippen LogP contribution in [0.25, 0.3) is 128 Å². The van der Waals surface area contributed by atoms with Crippen LogP contribution in [-0.4, -0.2) is 0 Å². The number of hydrogen-bond acceptors (Lipinski definition) is 2. The molecule has 2 heterocycles. The third-order valence-corrected chi connectivity index (χ3v) is 14.9. The first-order valence-corrected chi connectivity index (χ1v) is 22.2. The van der Waals surface area contributed by atoms with E-state index in [2.05, 4.69) is 206 Å². The predicted octanol–water partition coefficient (Wildman–Crippen LogP) is 17.7. The maximum atomic E-state index is 2.51. The third kappa shape index (κ3) is 4.96. The molecule has 13 rings (SSSR count). The first-order valence-electron chi connectivity index (χ1n) is 20.6. The second-order valence-electron chi connectivity index (χ2n) is 15.8. The fourth-order valence-electron chi connectivity index (χ4n) is 10.1. The lowest BCUT2D eigenvalue weighted by atomic mass is 9.83. The highest BCUT2D eigenvalue weighted by Crippen LogP contribution is 2.50. The molecule has 278 valence electrons. The normalized spacial score (nSPS) is 12.0. The molecule has 60 heavy (non-hydrogen) atoms. The summed E-state index contributed by atoms with van der Waals surface area (Å²) >= 11 is 3.79. The van der Waals surface area contributed by atoms with Crippen molar-refractivity contribution in [1.29, 1.82) is 0 Å². The van der Waals surface area contributed by atoms with Crippen molar-refractivity contribution in [2.45, 2.75) is 0 Å². The Kier molecular flexibility index (Phi) is 7.45. The fourth-order valence-corrected chi connectivity index (χ4v) is 12.4. The number of benzene rings is 11. The van der Waals surface area contributed by atoms with Gasteiger partial charge in [0.1, 0.15) is 0 Å². The van der Waals surface area contributed by atoms with Crippen molar-refractivity contribution in [2.24, 2.45) is 0 Å². The first-order chi connectivity index (χ1) is 29.8. The second-order valence-corrected chi connectivity index (χ2v) is 18.0. The summed E-state index contributed by atoms with van der Waals surface area (Å²) in [7, 11) is 0. The van der Waals surface area contributed by atoms with Crippen LogP contribution in [0.3, 0.4) is 0 Å². The minimum atomic E-state index is 1.22. The van der Waals surface area contributed by atoms with E-state index in [1.165, 1.54) is 128 Å². The molecule has 0 spiro atoms. The predicted molar refractivity (Wildman–Crippen MR) is 264 cm³/mol. The lowest BCUT2D eigenvalue weighted by molar-refractivity contribution is 1.61. The Morgan fingerprint density at radius 1 is 0.233 bits per heavy atom. The highest BCUT2D eigenvalue weighted by atomic mass is 32.1. The molecule has 0 N–H and O–H groups in total. The third-order valence-electron chi connectivity index (χ3n) is 12.7. The molecule has 0 saturated carbocycles. The van der Waals surface area contributed by atoms with Crippen LogP contribution in [-0.2, 0) is 0 Å². The first kappa shape index (κ1) is 33.8. The van der Waals surface area contributed by atoms with Crippen LogP contribution >= 0.6 is 22.7 Å². The molecule has 2 heteroatoms. The van der Waals surface area contributed by atoms with E-state index in [1.54, 1.807) is 0 Å². The Morgan fingerprint density at radius 2 is 0.650 bits per heavy atom. The lowest BCUT2D eigenvalue weighted by Crippen LogP contribution is -1.93. The van der Waals surface area contributed by atoms with Crippen molar-refractivity contribution in [3.05, 3.63) is 206 Å². The summed E-state index contributed by atoms with van der Waals surface area (Å²) in [5.41, 5.74) is 10.0. The summed E-state index contributed by atoms with van der Waals surface area (Å²) in [4.78, 5) is 0. The van der Waals surface area contributed by atoms with Crippen molar-refractivity contribution in [3.63, 3.8) is 0 Å². The van der Waals surface area contributed by atoms with Crippen LogP contribution in [0.2, 0.25) is 0 Å². The molecule has 0 nitrogen and oxygen atoms in total. The maximum absolute atomic E-state index is 2.51. The molecular weight excluding hydrogens is 761 g/mol. The summed E-state index contributed by atoms with van der Waals surface area (Å²) in [6.45, 7) is 0. The smallest absolute Gasteiger partial charge is 0.0362 e. The Hall–Kier alpha value is -7.10. The van der Waals surface area contributed by atoms with Gasteiger partial charge >= 0.3 is 0 Å². The monoisotopic (exact) mass is 794 g/mol. The van der Waals surface area contributed by atoms with Gasteiger partial charge in [-0.05, 0) is 118 Å². The molecule has 13 aromatic rings. The minimum Gasteiger partial charge on any atom is -0.135 e. The van der Waals surface area contributed by atoms with Crippen LogP contribution in [0.4, 0.5) is 0 Å². The zero-order valence-electron chi connectivity index (χ0n) is 32.4. The van der Waals surface area contributed by atoms with Crippen LogP contribution < -0.4 is 0 Å². The van der Waals surface area contributed by atoms with Gasteiger partial charge in [-0.25, -0.2) is 0 Å². The Labute approximate surface area is 354 Å². The molecule has 0 aliphatic carbocycles. The van der Waals surface area contributed by atoms with Gasteiger partial charge in [-0.1, -0.05) is 176 Å². The van der Waals surface area contributed by atoms with Gasteiger partial charge in [-0.3, -0.25) is 0 Å². The molecule has 0 amide bonds. The van der Waals surface area contributed by atoms with Crippen molar-refractivity contribution < 1.29 is 0 Å². The molecule has 0 aliphatic heterocycles. The summed E-state index contributed by atoms with van der Waals surface area (Å²) in [5, 5.41) is 15.6. The fraction of sp³-hybridized carbons (Fsp3) is 0. The summed E-state index contributed by atoms with van der Waals surface area (Å²) in [5.74, 6) is 0. The van der Waals surface area contributed by atoms with E-state index < -0.39 is 0 Å². The second kappa shape index (κ2) is 13.2. The topological polar surface area (TPSA) is 0 Å². The Morgan fingerprint density at radius 3 is 1.22 bits per heavy atom. The molecular formula is C58H34S2. The van der Waals surface area contributed by atoms with E-state index in [-0.39, 0.29) is 0 Å². The van der Waals surface area contributed by atoms with Crippen molar-refractivity contribution in [2.75, 3.05) is 0 Å². The van der Waals surface area contributed by atoms with E-state index in [0.717, 1.165) is 0 Å². The van der Waals surface area contributed by atoms with E-state index in [1.807, 2.05) is 22.7 Å². The van der Waals surface area contributed by atoms with Crippen molar-refractivity contribution in [1.82, 2.24) is 0 Å². The summed E-state index contributed by atoms with van der Waals surface area (Å²) in [6.07, 6.45) is 0. The zero-order valence-corrected chi connectivity index (χ0v) is 34.1. The van der Waals surface area contributed by atoms with E-state index in [9.17, 15) is 0 Å². The number of rotatable bonds is 4. The van der Waals surface area contributed by atoms with Gasteiger partial charge in [-0.15, -0.1) is 22.7 Å². The molecule has 0 unspecified atom stereocenters. The Balaban J connectivity index is 1.19. The standard InChI is InChI=1S/C58H34S2/c1-2-14-35(15-3-1)38-18-8-9-21-43(38)54-46-24-10-22-41(44-26-12-28-50-57(44)55-39-19-6-4-16-36(39)30-32-52(55)59-50)48(46)34-49-42(23-11-25-47(49)54)45-27-13-29-51-58(45)56-40-20-7-5-17-37(40)31-33-53(56)60-51/h1-34H. The number of fused-ring (bicyclic) bond motifs is 12. The highest BCUT2D eigenvalue weighted by Gasteiger charge is 2.22. The molecule has 11 aromatic carbocycles. The number of hydrogen-bond donors (Lipinski definition) is 0. The van der Waals surface area contributed by atoms with Crippen LogP contribution in [0.1, 0.15) is 0 Å². The zero-order chi connectivity index (χ0) is 39.3. The van der Waals surface area contributed by atoms with Gasteiger partial charge < -0.3 is 0 Å². The summed E-state index contributed by atoms with van der Waals surface area (Å²) in [6, 6.07) is 77.0. The molecule has 0 atom stereocenters. The molecule has 0 saturated heterocycles. The summed E-state index contributed by atoms with van der Waals surface area (Å²) < 4.78 is 5.28. The SMILES string of the molecule is c1ccc(-c2ccccc2-c2c3cccc(-c4cccc5sc6ccc7ccccc7c6c45)c3cc3c(-c4cccc5sc6ccc7ccccc7c6c45)cccc23)cc1. The average molecular weight is 795 g/mol. The van der Waals surface area contributed by atoms with Gasteiger partial charge in [0.25, 0.3) is 0 Å². The Bertz CT molecular complexity index is 3670. The maximum Gasteiger partial charge on any atom is 0.0362 e. The van der Waals surface area contributed by atoms with Crippen molar-refractivity contribution in [3.8, 4) is 44.5 Å². The lowest BCUT2D eigenvalue weighted by Gasteiger charge is -2.20. The van der Waals surface area contributed by atoms with Crippen molar-refractivity contribution >= 4 is 106 Å². The quantitative estimate of drug-likeness (QED) is 0.156. The van der Waals surface area contributed by atoms with Gasteiger partial charge in [0.05, 0.1) is 0 Å². The molecule has 0 aliphatic rings. The van der Waals surface area contributed by atoms with Crippen LogP contribution in [0, 0.1) is 0 Å². The molecule has 0 radical (unpaired) electrons. The van der Waals surface area contributed by atoms with E-state index >= 15 is 0 Å². The van der Waals surface area contributed by atoms with E-state index in [4.69, 9.17) is 0 Å². The average Bonchev–Trinajstić information content (AvgIpc) is 3.90. The van der Waals surface area contributed by atoms with Gasteiger partial charge in [0, 0.05) is 40.3 Å². The van der Waals surface area contributed by atoms with Gasteiger partial charge in [-0.2, -0.15) is 0 Å². The van der Waals surface area contributed by atoms with E-state index in [0.29, 0.717) is 0 Å². The van der Waals surface area contributed by atoms with Crippen LogP contribution in [0.5, 0.6) is 0 Å².